The Labute approximate surface area is 178 Å². The van der Waals surface area contributed by atoms with Crippen LogP contribution in [0.3, 0.4) is 0 Å². The molecular weight excluding hydrogens is 404 g/mol. The highest BCUT2D eigenvalue weighted by molar-refractivity contribution is 5.78. The molecule has 0 fully saturated rings. The molecule has 2 aromatic carbocycles. The highest BCUT2D eigenvalue weighted by Gasteiger charge is 2.20. The molecule has 0 aliphatic heterocycles. The van der Waals surface area contributed by atoms with Crippen LogP contribution in [0.15, 0.2) is 59.3 Å². The molecule has 2 N–H and O–H groups in total. The predicted octanol–water partition coefficient (Wildman–Crippen LogP) is 3.40. The third kappa shape index (κ3) is 6.49. The van der Waals surface area contributed by atoms with E-state index in [1.165, 1.54) is 30.7 Å². The van der Waals surface area contributed by atoms with Gasteiger partial charge in [-0.25, -0.2) is 9.78 Å². The lowest BCUT2D eigenvalue weighted by atomic mass is 10.2. The van der Waals surface area contributed by atoms with Crippen molar-refractivity contribution < 1.29 is 33.7 Å². The van der Waals surface area contributed by atoms with Crippen molar-refractivity contribution in [3.63, 3.8) is 0 Å². The highest BCUT2D eigenvalue weighted by Crippen LogP contribution is 2.20. The number of phenolic OH excluding ortho intramolecular Hbond substituents is 1. The number of rotatable bonds is 9. The van der Waals surface area contributed by atoms with Gasteiger partial charge in [-0.3, -0.25) is 9.69 Å². The van der Waals surface area contributed by atoms with Crippen LogP contribution in [0.5, 0.6) is 17.2 Å². The molecule has 3 rings (SSSR count). The Morgan fingerprint density at radius 3 is 2.61 bits per heavy atom. The van der Waals surface area contributed by atoms with Crippen molar-refractivity contribution in [2.75, 3.05) is 13.2 Å². The summed E-state index contributed by atoms with van der Waals surface area (Å²) in [5.41, 5.74) is 1.49. The van der Waals surface area contributed by atoms with E-state index >= 15 is 0 Å². The molecule has 1 aromatic heterocycles. The summed E-state index contributed by atoms with van der Waals surface area (Å²) in [5.74, 6) is 0.187. The van der Waals surface area contributed by atoms with E-state index in [4.69, 9.17) is 13.9 Å². The summed E-state index contributed by atoms with van der Waals surface area (Å²) in [6.45, 7) is 1.67. The molecule has 162 valence electrons. The first-order valence-corrected chi connectivity index (χ1v) is 9.49. The van der Waals surface area contributed by atoms with E-state index < -0.39 is 18.6 Å². The fraction of sp³-hybridized carbons (Fsp3) is 0.227. The van der Waals surface area contributed by atoms with Crippen molar-refractivity contribution in [3.05, 3.63) is 71.9 Å². The molecule has 0 aliphatic carbocycles. The maximum atomic E-state index is 12.5. The molecule has 0 atom stereocenters. The number of aliphatic carboxylic acids is 1. The molecule has 1 heterocycles. The van der Waals surface area contributed by atoms with Crippen molar-refractivity contribution in [2.24, 2.45) is 0 Å². The molecule has 0 bridgehead atoms. The quantitative estimate of drug-likeness (QED) is 0.534. The number of aromatic hydroxyl groups is 1. The summed E-state index contributed by atoms with van der Waals surface area (Å²) >= 11 is 0. The van der Waals surface area contributed by atoms with Crippen LogP contribution in [0.2, 0.25) is 0 Å². The average Bonchev–Trinajstić information content (AvgIpc) is 3.12. The number of hydrogen-bond donors (Lipinski definition) is 2. The molecular formula is C22H22N2O7. The number of oxazole rings is 1. The van der Waals surface area contributed by atoms with Gasteiger partial charge < -0.3 is 24.1 Å². The molecule has 0 aliphatic rings. The Morgan fingerprint density at radius 2 is 1.90 bits per heavy atom. The molecule has 9 heteroatoms. The summed E-state index contributed by atoms with van der Waals surface area (Å²) in [6, 6.07) is 12.7. The van der Waals surface area contributed by atoms with Gasteiger partial charge in [0.15, 0.2) is 6.39 Å². The number of aryl methyl sites for hydroxylation is 1. The number of aromatic nitrogens is 1. The number of ether oxygens (including phenoxy) is 2. The van der Waals surface area contributed by atoms with E-state index in [2.05, 4.69) is 4.98 Å². The average molecular weight is 426 g/mol. The van der Waals surface area contributed by atoms with Crippen LogP contribution in [-0.4, -0.2) is 45.3 Å². The maximum absolute atomic E-state index is 12.5. The largest absolute Gasteiger partial charge is 0.508 e. The zero-order valence-electron chi connectivity index (χ0n) is 16.9. The van der Waals surface area contributed by atoms with E-state index in [-0.39, 0.29) is 18.0 Å². The van der Waals surface area contributed by atoms with Crippen LogP contribution in [0.25, 0.3) is 0 Å². The summed E-state index contributed by atoms with van der Waals surface area (Å²) < 4.78 is 16.1. The summed E-state index contributed by atoms with van der Waals surface area (Å²) in [6.07, 6.45) is 1.12. The Kier molecular flexibility index (Phi) is 7.10. The number of carbonyl (C=O) groups is 2. The van der Waals surface area contributed by atoms with Gasteiger partial charge in [0.1, 0.15) is 29.6 Å². The first-order valence-electron chi connectivity index (χ1n) is 9.49. The Hall–Kier alpha value is -4.01. The number of phenols is 1. The van der Waals surface area contributed by atoms with Crippen molar-refractivity contribution in [3.8, 4) is 17.2 Å². The minimum atomic E-state index is -1.18. The van der Waals surface area contributed by atoms with Gasteiger partial charge in [0, 0.05) is 19.0 Å². The van der Waals surface area contributed by atoms with Crippen LogP contribution < -0.4 is 9.47 Å². The van der Waals surface area contributed by atoms with Crippen LogP contribution in [-0.2, 0) is 17.8 Å². The first kappa shape index (κ1) is 21.7. The van der Waals surface area contributed by atoms with Gasteiger partial charge in [-0.2, -0.15) is 0 Å². The predicted molar refractivity (Wildman–Crippen MR) is 109 cm³/mol. The molecule has 0 radical (unpaired) electrons. The monoisotopic (exact) mass is 426 g/mol. The summed E-state index contributed by atoms with van der Waals surface area (Å²) in [7, 11) is 0. The van der Waals surface area contributed by atoms with Crippen LogP contribution in [0, 0.1) is 6.92 Å². The number of carboxylic acid groups (broad SMARTS) is 1. The second-order valence-electron chi connectivity index (χ2n) is 6.72. The number of carbonyl (C=O) groups excluding carboxylic acids is 1. The van der Waals surface area contributed by atoms with Crippen LogP contribution >= 0.6 is 0 Å². The third-order valence-corrected chi connectivity index (χ3v) is 4.33. The van der Waals surface area contributed by atoms with Gasteiger partial charge in [-0.05, 0) is 36.8 Å². The second kappa shape index (κ2) is 10.1. The van der Waals surface area contributed by atoms with Crippen molar-refractivity contribution in [1.29, 1.82) is 0 Å². The molecule has 9 nitrogen and oxygen atoms in total. The maximum Gasteiger partial charge on any atom is 0.416 e. The van der Waals surface area contributed by atoms with Gasteiger partial charge in [0.2, 0.25) is 0 Å². The molecule has 31 heavy (non-hydrogen) atoms. The Bertz CT molecular complexity index is 1050. The standard InChI is InChI=1S/C22H22N2O7/c1-15-20(23-14-30-15)8-9-29-18-6-2-4-16(10-18)12-24(13-21(26)27)22(28)31-19-7-3-5-17(25)11-19/h2-7,10-11,14,25H,8-9,12-13H2,1H3,(H,26,27). The van der Waals surface area contributed by atoms with Gasteiger partial charge in [0.05, 0.1) is 12.3 Å². The summed E-state index contributed by atoms with van der Waals surface area (Å²) in [5, 5.41) is 18.7. The van der Waals surface area contributed by atoms with Gasteiger partial charge in [-0.15, -0.1) is 0 Å². The zero-order chi connectivity index (χ0) is 22.2. The van der Waals surface area contributed by atoms with E-state index in [1.54, 1.807) is 24.3 Å². The lowest BCUT2D eigenvalue weighted by Crippen LogP contribution is -2.37. The normalized spacial score (nSPS) is 10.5. The topological polar surface area (TPSA) is 122 Å². The van der Waals surface area contributed by atoms with Crippen molar-refractivity contribution in [2.45, 2.75) is 19.9 Å². The molecule has 0 unspecified atom stereocenters. The number of amides is 1. The fourth-order valence-electron chi connectivity index (χ4n) is 2.85. The molecule has 1 amide bonds. The van der Waals surface area contributed by atoms with Crippen molar-refractivity contribution >= 4 is 12.1 Å². The molecule has 0 saturated heterocycles. The van der Waals surface area contributed by atoms with Gasteiger partial charge in [-0.1, -0.05) is 18.2 Å². The Morgan fingerprint density at radius 1 is 1.13 bits per heavy atom. The van der Waals surface area contributed by atoms with Gasteiger partial charge in [0.25, 0.3) is 0 Å². The second-order valence-corrected chi connectivity index (χ2v) is 6.72. The van der Waals surface area contributed by atoms with E-state index in [9.17, 15) is 19.8 Å². The van der Waals surface area contributed by atoms with E-state index in [0.717, 1.165) is 16.4 Å². The highest BCUT2D eigenvalue weighted by atomic mass is 16.6. The number of benzene rings is 2. The molecule has 3 aromatic rings. The van der Waals surface area contributed by atoms with Crippen molar-refractivity contribution in [1.82, 2.24) is 9.88 Å². The summed E-state index contributed by atoms with van der Waals surface area (Å²) in [4.78, 5) is 28.9. The van der Waals surface area contributed by atoms with Gasteiger partial charge >= 0.3 is 12.1 Å². The smallest absolute Gasteiger partial charge is 0.416 e. The SMILES string of the molecule is Cc1ocnc1CCOc1cccc(CN(CC(=O)O)C(=O)Oc2cccc(O)c2)c1. The fourth-order valence-corrected chi connectivity index (χ4v) is 2.85. The lowest BCUT2D eigenvalue weighted by Gasteiger charge is -2.20. The Balaban J connectivity index is 1.63. The zero-order valence-corrected chi connectivity index (χ0v) is 16.9. The lowest BCUT2D eigenvalue weighted by molar-refractivity contribution is -0.138. The first-order chi connectivity index (χ1) is 14.9. The minimum absolute atomic E-state index is 0.00352. The van der Waals surface area contributed by atoms with E-state index in [1.807, 2.05) is 6.92 Å². The minimum Gasteiger partial charge on any atom is -0.508 e. The number of nitrogens with zero attached hydrogens (tertiary/aromatic N) is 2. The molecule has 0 spiro atoms. The number of hydrogen-bond acceptors (Lipinski definition) is 7. The molecule has 0 saturated carbocycles. The number of carboxylic acids is 1. The third-order valence-electron chi connectivity index (χ3n) is 4.33. The van der Waals surface area contributed by atoms with Crippen LogP contribution in [0.1, 0.15) is 17.0 Å². The van der Waals surface area contributed by atoms with E-state index in [0.29, 0.717) is 24.3 Å². The van der Waals surface area contributed by atoms with Crippen LogP contribution in [0.4, 0.5) is 4.79 Å².